The lowest BCUT2D eigenvalue weighted by atomic mass is 10.1. The van der Waals surface area contributed by atoms with Gasteiger partial charge < -0.3 is 5.32 Å². The summed E-state index contributed by atoms with van der Waals surface area (Å²) in [4.78, 5) is 20.6. The summed E-state index contributed by atoms with van der Waals surface area (Å²) in [5.41, 5.74) is 2.26. The quantitative estimate of drug-likeness (QED) is 0.687. The highest BCUT2D eigenvalue weighted by molar-refractivity contribution is 6.29. The Kier molecular flexibility index (Phi) is 3.40. The van der Waals surface area contributed by atoms with Gasteiger partial charge in [-0.1, -0.05) is 17.7 Å². The third-order valence-electron chi connectivity index (χ3n) is 3.35. The molecular formula is C15H14ClN3O. The maximum Gasteiger partial charge on any atom is 0.169 e. The summed E-state index contributed by atoms with van der Waals surface area (Å²) in [6.07, 6.45) is 5.18. The van der Waals surface area contributed by atoms with Crippen LogP contribution < -0.4 is 5.32 Å². The molecule has 1 aliphatic rings. The highest BCUT2D eigenvalue weighted by atomic mass is 35.5. The molecule has 1 aliphatic carbocycles. The van der Waals surface area contributed by atoms with Gasteiger partial charge in [0.05, 0.1) is 11.3 Å². The molecule has 0 bridgehead atoms. The highest BCUT2D eigenvalue weighted by Gasteiger charge is 2.32. The van der Waals surface area contributed by atoms with Crippen molar-refractivity contribution in [1.29, 1.82) is 0 Å². The molecule has 0 aliphatic heterocycles. The van der Waals surface area contributed by atoms with E-state index in [0.717, 1.165) is 24.2 Å². The Bertz CT molecular complexity index is 668. The van der Waals surface area contributed by atoms with Crippen LogP contribution in [0.5, 0.6) is 0 Å². The van der Waals surface area contributed by atoms with E-state index >= 15 is 0 Å². The van der Waals surface area contributed by atoms with Crippen LogP contribution in [0.15, 0.2) is 30.6 Å². The first kappa shape index (κ1) is 13.1. The third-order valence-corrected chi connectivity index (χ3v) is 3.55. The molecule has 0 amide bonds. The van der Waals surface area contributed by atoms with Gasteiger partial charge in [-0.25, -0.2) is 9.97 Å². The summed E-state index contributed by atoms with van der Waals surface area (Å²) in [5.74, 6) is 0.994. The summed E-state index contributed by atoms with van der Waals surface area (Å²) in [5, 5.41) is 3.54. The van der Waals surface area contributed by atoms with Crippen LogP contribution in [-0.2, 0) is 0 Å². The zero-order valence-corrected chi connectivity index (χ0v) is 11.8. The zero-order valence-electron chi connectivity index (χ0n) is 11.1. The van der Waals surface area contributed by atoms with Crippen molar-refractivity contribution >= 4 is 28.9 Å². The molecule has 102 valence electrons. The molecule has 1 N–H and O–H groups in total. The Morgan fingerprint density at radius 1 is 1.40 bits per heavy atom. The molecule has 5 heteroatoms. The van der Waals surface area contributed by atoms with E-state index in [4.69, 9.17) is 11.6 Å². The zero-order chi connectivity index (χ0) is 14.1. The van der Waals surface area contributed by atoms with Gasteiger partial charge in [0.1, 0.15) is 11.0 Å². The number of ketones is 1. The molecule has 2 aromatic heterocycles. The number of pyridine rings is 2. The first-order valence-corrected chi connectivity index (χ1v) is 6.91. The monoisotopic (exact) mass is 287 g/mol. The molecule has 0 aromatic carbocycles. The second-order valence-electron chi connectivity index (χ2n) is 4.99. The van der Waals surface area contributed by atoms with Crippen molar-refractivity contribution < 1.29 is 4.79 Å². The lowest BCUT2D eigenvalue weighted by Crippen LogP contribution is -2.07. The van der Waals surface area contributed by atoms with Crippen molar-refractivity contribution in [2.24, 2.45) is 5.92 Å². The van der Waals surface area contributed by atoms with Crippen molar-refractivity contribution in [1.82, 2.24) is 9.97 Å². The number of hydrogen-bond acceptors (Lipinski definition) is 4. The molecule has 1 fully saturated rings. The summed E-state index contributed by atoms with van der Waals surface area (Å²) >= 11 is 5.94. The largest absolute Gasteiger partial charge is 0.339 e. The van der Waals surface area contributed by atoms with Crippen LogP contribution in [0, 0.1) is 12.8 Å². The molecule has 2 aromatic rings. The molecule has 0 atom stereocenters. The maximum atomic E-state index is 12.3. The number of carbonyl (C=O) groups is 1. The van der Waals surface area contributed by atoms with Gasteiger partial charge in [-0.05, 0) is 37.5 Å². The topological polar surface area (TPSA) is 54.9 Å². The average molecular weight is 288 g/mol. The predicted octanol–water partition coefficient (Wildman–Crippen LogP) is 3.77. The first-order valence-electron chi connectivity index (χ1n) is 6.53. The van der Waals surface area contributed by atoms with E-state index < -0.39 is 0 Å². The summed E-state index contributed by atoms with van der Waals surface area (Å²) < 4.78 is 0. The van der Waals surface area contributed by atoms with Crippen molar-refractivity contribution in [2.45, 2.75) is 19.8 Å². The van der Waals surface area contributed by atoms with Crippen molar-refractivity contribution in [3.05, 3.63) is 46.9 Å². The van der Waals surface area contributed by atoms with Gasteiger partial charge in [0.15, 0.2) is 5.78 Å². The van der Waals surface area contributed by atoms with Gasteiger partial charge in [-0.2, -0.15) is 0 Å². The van der Waals surface area contributed by atoms with Crippen molar-refractivity contribution in [2.75, 3.05) is 5.32 Å². The lowest BCUT2D eigenvalue weighted by Gasteiger charge is -2.12. The van der Waals surface area contributed by atoms with Gasteiger partial charge in [0.2, 0.25) is 0 Å². The Hall–Kier alpha value is -1.94. The van der Waals surface area contributed by atoms with Crippen molar-refractivity contribution in [3.8, 4) is 0 Å². The molecule has 2 heterocycles. The van der Waals surface area contributed by atoms with E-state index in [1.807, 2.05) is 19.1 Å². The average Bonchev–Trinajstić information content (AvgIpc) is 3.25. The number of rotatable bonds is 4. The number of nitrogens with one attached hydrogen (secondary N) is 1. The first-order chi connectivity index (χ1) is 9.65. The fraction of sp³-hybridized carbons (Fsp3) is 0.267. The Labute approximate surface area is 122 Å². The van der Waals surface area contributed by atoms with E-state index in [0.29, 0.717) is 16.4 Å². The number of aromatic nitrogens is 2. The second-order valence-corrected chi connectivity index (χ2v) is 5.37. The second kappa shape index (κ2) is 5.21. The van der Waals surface area contributed by atoms with Gasteiger partial charge in [0.25, 0.3) is 0 Å². The summed E-state index contributed by atoms with van der Waals surface area (Å²) in [6.45, 7) is 1.96. The van der Waals surface area contributed by atoms with Gasteiger partial charge >= 0.3 is 0 Å². The molecule has 0 spiro atoms. The van der Waals surface area contributed by atoms with E-state index in [9.17, 15) is 4.79 Å². The lowest BCUT2D eigenvalue weighted by molar-refractivity contribution is 0.0968. The molecule has 1 saturated carbocycles. The number of halogens is 1. The number of aryl methyl sites for hydroxylation is 1. The van der Waals surface area contributed by atoms with E-state index in [1.165, 1.54) is 0 Å². The molecule has 3 rings (SSSR count). The fourth-order valence-corrected chi connectivity index (χ4v) is 2.20. The minimum Gasteiger partial charge on any atom is -0.339 e. The van der Waals surface area contributed by atoms with Crippen molar-refractivity contribution in [3.63, 3.8) is 0 Å². The number of carbonyl (C=O) groups excluding carboxylic acids is 1. The van der Waals surface area contributed by atoms with Crippen LogP contribution in [0.4, 0.5) is 11.5 Å². The standard InChI is InChI=1S/C15H14ClN3O/c1-9-3-2-6-17-15(9)19-12-7-13(16)18-8-11(12)14(20)10-4-5-10/h2-3,6-8,10H,4-5H2,1H3,(H,17,18,19). The molecule has 0 unspecified atom stereocenters. The van der Waals surface area contributed by atoms with E-state index in [1.54, 1.807) is 18.5 Å². The summed E-state index contributed by atoms with van der Waals surface area (Å²) in [6, 6.07) is 5.50. The van der Waals surface area contributed by atoms with Gasteiger partial charge in [0, 0.05) is 18.3 Å². The normalized spacial score (nSPS) is 14.1. The Morgan fingerprint density at radius 3 is 2.90 bits per heavy atom. The summed E-state index contributed by atoms with van der Waals surface area (Å²) in [7, 11) is 0. The number of anilines is 2. The van der Waals surface area contributed by atoms with Crippen LogP contribution in [0.1, 0.15) is 28.8 Å². The molecule has 20 heavy (non-hydrogen) atoms. The SMILES string of the molecule is Cc1cccnc1Nc1cc(Cl)ncc1C(=O)C1CC1. The predicted molar refractivity (Wildman–Crippen MR) is 78.6 cm³/mol. The van der Waals surface area contributed by atoms with Crippen LogP contribution >= 0.6 is 11.6 Å². The molecule has 0 saturated heterocycles. The van der Waals surface area contributed by atoms with E-state index in [2.05, 4.69) is 15.3 Å². The van der Waals surface area contributed by atoms with Gasteiger partial charge in [-0.3, -0.25) is 4.79 Å². The Balaban J connectivity index is 1.97. The third kappa shape index (κ3) is 2.65. The Morgan fingerprint density at radius 2 is 2.20 bits per heavy atom. The number of Topliss-reactive ketones (excluding diaryl/α,β-unsaturated/α-hetero) is 1. The molecule has 4 nitrogen and oxygen atoms in total. The van der Waals surface area contributed by atoms with Crippen LogP contribution in [-0.4, -0.2) is 15.8 Å². The molecule has 0 radical (unpaired) electrons. The maximum absolute atomic E-state index is 12.3. The minimum atomic E-state index is 0.130. The molecular weight excluding hydrogens is 274 g/mol. The highest BCUT2D eigenvalue weighted by Crippen LogP contribution is 2.35. The fourth-order valence-electron chi connectivity index (χ4n) is 2.04. The van der Waals surface area contributed by atoms with E-state index in [-0.39, 0.29) is 11.7 Å². The number of nitrogens with zero attached hydrogens (tertiary/aromatic N) is 2. The number of hydrogen-bond donors (Lipinski definition) is 1. The van der Waals surface area contributed by atoms with Gasteiger partial charge in [-0.15, -0.1) is 0 Å². The smallest absolute Gasteiger partial charge is 0.169 e. The van der Waals surface area contributed by atoms with Crippen LogP contribution in [0.3, 0.4) is 0 Å². The minimum absolute atomic E-state index is 0.130. The van der Waals surface area contributed by atoms with Crippen LogP contribution in [0.2, 0.25) is 5.15 Å². The van der Waals surface area contributed by atoms with Crippen LogP contribution in [0.25, 0.3) is 0 Å².